The lowest BCUT2D eigenvalue weighted by Crippen LogP contribution is -2.38. The molecule has 0 bridgehead atoms. The van der Waals surface area contributed by atoms with Gasteiger partial charge in [0.1, 0.15) is 30.4 Å². The number of nitro benzene ring substituents is 1. The second-order valence-corrected chi connectivity index (χ2v) is 8.72. The van der Waals surface area contributed by atoms with Crippen molar-refractivity contribution in [3.8, 4) is 5.75 Å². The number of amides is 4. The summed E-state index contributed by atoms with van der Waals surface area (Å²) < 4.78 is 20.3. The lowest BCUT2D eigenvalue weighted by Gasteiger charge is -2.12. The first-order valence-electron chi connectivity index (χ1n) is 10.8. The summed E-state index contributed by atoms with van der Waals surface area (Å²) in [6.07, 6.45) is 1.41. The maximum absolute atomic E-state index is 13.8. The second kappa shape index (κ2) is 11.0. The predicted molar refractivity (Wildman–Crippen MR) is 135 cm³/mol. The largest absolute Gasteiger partial charge is 0.488 e. The van der Waals surface area contributed by atoms with Crippen molar-refractivity contribution in [2.75, 3.05) is 11.9 Å². The van der Waals surface area contributed by atoms with Crippen molar-refractivity contribution >= 4 is 51.2 Å². The van der Waals surface area contributed by atoms with Gasteiger partial charge in [-0.15, -0.1) is 0 Å². The molecule has 4 amide bonds. The van der Waals surface area contributed by atoms with E-state index >= 15 is 0 Å². The van der Waals surface area contributed by atoms with Crippen LogP contribution in [0.15, 0.2) is 76.9 Å². The van der Waals surface area contributed by atoms with E-state index in [2.05, 4.69) is 26.6 Å². The zero-order chi connectivity index (χ0) is 26.5. The van der Waals surface area contributed by atoms with Crippen molar-refractivity contribution in [3.05, 3.63) is 104 Å². The van der Waals surface area contributed by atoms with Crippen molar-refractivity contribution in [1.82, 2.24) is 10.2 Å². The molecule has 1 saturated heterocycles. The van der Waals surface area contributed by atoms with Gasteiger partial charge in [0.05, 0.1) is 10.6 Å². The summed E-state index contributed by atoms with van der Waals surface area (Å²) in [5.41, 5.74) is 0.948. The lowest BCUT2D eigenvalue weighted by molar-refractivity contribution is -0.384. The molecule has 12 heteroatoms. The fourth-order valence-electron chi connectivity index (χ4n) is 3.41. The molecule has 10 nitrogen and oxygen atoms in total. The minimum atomic E-state index is -0.803. The molecule has 2 N–H and O–H groups in total. The Morgan fingerprint density at radius 1 is 1.14 bits per heavy atom. The third kappa shape index (κ3) is 6.16. The van der Waals surface area contributed by atoms with Crippen LogP contribution in [0.5, 0.6) is 5.75 Å². The first kappa shape index (κ1) is 25.5. The molecule has 188 valence electrons. The summed E-state index contributed by atoms with van der Waals surface area (Å²) in [6.45, 7) is -0.517. The number of non-ortho nitro benzene ring substituents is 1. The summed E-state index contributed by atoms with van der Waals surface area (Å²) in [7, 11) is 0. The van der Waals surface area contributed by atoms with Crippen molar-refractivity contribution in [2.24, 2.45) is 0 Å². The Morgan fingerprint density at radius 2 is 1.86 bits per heavy atom. The molecular formula is C25H18BrFN4O6. The Labute approximate surface area is 218 Å². The molecule has 1 fully saturated rings. The third-order valence-corrected chi connectivity index (χ3v) is 5.72. The van der Waals surface area contributed by atoms with Crippen molar-refractivity contribution in [1.29, 1.82) is 0 Å². The number of rotatable bonds is 8. The number of hydrogen-bond acceptors (Lipinski definition) is 6. The highest BCUT2D eigenvalue weighted by Crippen LogP contribution is 2.27. The lowest BCUT2D eigenvalue weighted by atomic mass is 10.1. The van der Waals surface area contributed by atoms with Crippen LogP contribution in [0.25, 0.3) is 6.08 Å². The molecule has 0 atom stereocenters. The zero-order valence-electron chi connectivity index (χ0n) is 18.9. The zero-order valence-corrected chi connectivity index (χ0v) is 20.5. The monoisotopic (exact) mass is 568 g/mol. The summed E-state index contributed by atoms with van der Waals surface area (Å²) in [5, 5.41) is 15.6. The quantitative estimate of drug-likeness (QED) is 0.176. The minimum Gasteiger partial charge on any atom is -0.488 e. The topological polar surface area (TPSA) is 131 Å². The smallest absolute Gasteiger partial charge is 0.329 e. The Hall–Kier alpha value is -4.58. The van der Waals surface area contributed by atoms with Gasteiger partial charge in [0, 0.05) is 22.2 Å². The second-order valence-electron chi connectivity index (χ2n) is 7.80. The number of ether oxygens (including phenoxy) is 1. The van der Waals surface area contributed by atoms with E-state index in [9.17, 15) is 28.9 Å². The van der Waals surface area contributed by atoms with Gasteiger partial charge in [-0.05, 0) is 54.1 Å². The number of nitrogens with zero attached hydrogens (tertiary/aromatic N) is 2. The summed E-state index contributed by atoms with van der Waals surface area (Å²) in [5.74, 6) is -1.75. The molecule has 0 spiro atoms. The Balaban J connectivity index is 1.47. The van der Waals surface area contributed by atoms with Gasteiger partial charge in [-0.3, -0.25) is 19.7 Å². The van der Waals surface area contributed by atoms with Crippen LogP contribution in [0.1, 0.15) is 11.1 Å². The molecule has 0 saturated carbocycles. The van der Waals surface area contributed by atoms with Crippen LogP contribution in [0, 0.1) is 15.9 Å². The number of urea groups is 1. The van der Waals surface area contributed by atoms with E-state index in [4.69, 9.17) is 4.74 Å². The van der Waals surface area contributed by atoms with E-state index in [1.807, 2.05) is 0 Å². The molecule has 3 aromatic carbocycles. The number of imide groups is 1. The molecule has 0 radical (unpaired) electrons. The molecule has 37 heavy (non-hydrogen) atoms. The van der Waals surface area contributed by atoms with Crippen LogP contribution >= 0.6 is 15.9 Å². The molecular weight excluding hydrogens is 551 g/mol. The maximum Gasteiger partial charge on any atom is 0.329 e. The molecule has 0 aromatic heterocycles. The van der Waals surface area contributed by atoms with Crippen molar-refractivity contribution in [3.63, 3.8) is 0 Å². The number of carbonyl (C=O) groups excluding carboxylic acids is 3. The van der Waals surface area contributed by atoms with Crippen LogP contribution in [0.3, 0.4) is 0 Å². The molecule has 0 aliphatic carbocycles. The number of nitro groups is 1. The number of nitrogens with one attached hydrogen (secondary N) is 2. The van der Waals surface area contributed by atoms with Crippen LogP contribution in [-0.4, -0.2) is 34.2 Å². The first-order valence-corrected chi connectivity index (χ1v) is 11.5. The Bertz CT molecular complexity index is 1430. The van der Waals surface area contributed by atoms with Gasteiger partial charge in [-0.1, -0.05) is 28.1 Å². The van der Waals surface area contributed by atoms with E-state index in [0.717, 1.165) is 0 Å². The highest BCUT2D eigenvalue weighted by atomic mass is 79.9. The van der Waals surface area contributed by atoms with Crippen LogP contribution in [0.2, 0.25) is 0 Å². The van der Waals surface area contributed by atoms with E-state index in [-0.39, 0.29) is 23.7 Å². The van der Waals surface area contributed by atoms with Gasteiger partial charge in [0.25, 0.3) is 11.6 Å². The maximum atomic E-state index is 13.8. The standard InChI is InChI=1S/C25H18BrFN4O6/c26-17-7-10-22(37-14-15-5-8-18(9-6-15)31(35)36)16(11-17)12-21-24(33)30(25(34)29-21)13-23(32)28-20-4-2-1-3-19(20)27/h1-12H,13-14H2,(H,28,32)(H,29,34)/b21-12+. The summed E-state index contributed by atoms with van der Waals surface area (Å²) >= 11 is 3.36. The molecule has 1 aliphatic heterocycles. The third-order valence-electron chi connectivity index (χ3n) is 5.23. The predicted octanol–water partition coefficient (Wildman–Crippen LogP) is 4.61. The highest BCUT2D eigenvalue weighted by Gasteiger charge is 2.35. The van der Waals surface area contributed by atoms with E-state index in [0.29, 0.717) is 26.2 Å². The average molecular weight is 569 g/mol. The molecule has 1 aliphatic rings. The fourth-order valence-corrected chi connectivity index (χ4v) is 3.78. The fraction of sp³-hybridized carbons (Fsp3) is 0.0800. The number of anilines is 1. The van der Waals surface area contributed by atoms with E-state index in [1.54, 1.807) is 30.3 Å². The first-order chi connectivity index (χ1) is 17.7. The molecule has 4 rings (SSSR count). The number of hydrogen-bond donors (Lipinski definition) is 2. The van der Waals surface area contributed by atoms with E-state index in [1.165, 1.54) is 42.5 Å². The van der Waals surface area contributed by atoms with Gasteiger partial charge in [0.2, 0.25) is 5.91 Å². The number of halogens is 2. The van der Waals surface area contributed by atoms with Crippen molar-refractivity contribution < 1.29 is 28.4 Å². The summed E-state index contributed by atoms with van der Waals surface area (Å²) in [6, 6.07) is 15.6. The molecule has 0 unspecified atom stereocenters. The minimum absolute atomic E-state index is 0.0413. The number of carbonyl (C=O) groups is 3. The SMILES string of the molecule is O=C(CN1C(=O)N/C(=C/c2cc(Br)ccc2OCc2ccc([N+](=O)[O-])cc2)C1=O)Nc1ccccc1F. The normalized spacial score (nSPS) is 14.0. The van der Waals surface area contributed by atoms with Crippen LogP contribution < -0.4 is 15.4 Å². The van der Waals surface area contributed by atoms with Gasteiger partial charge in [-0.25, -0.2) is 14.1 Å². The molecule has 3 aromatic rings. The number of benzene rings is 3. The van der Waals surface area contributed by atoms with Gasteiger partial charge >= 0.3 is 6.03 Å². The Kier molecular flexibility index (Phi) is 7.58. The van der Waals surface area contributed by atoms with Crippen LogP contribution in [-0.2, 0) is 16.2 Å². The highest BCUT2D eigenvalue weighted by molar-refractivity contribution is 9.10. The average Bonchev–Trinajstić information content (AvgIpc) is 3.12. The van der Waals surface area contributed by atoms with Gasteiger partial charge in [0.15, 0.2) is 0 Å². The van der Waals surface area contributed by atoms with Crippen LogP contribution in [0.4, 0.5) is 20.6 Å². The summed E-state index contributed by atoms with van der Waals surface area (Å²) in [4.78, 5) is 48.6. The van der Waals surface area contributed by atoms with Gasteiger partial charge in [-0.2, -0.15) is 0 Å². The van der Waals surface area contributed by atoms with Gasteiger partial charge < -0.3 is 15.4 Å². The van der Waals surface area contributed by atoms with E-state index < -0.39 is 35.1 Å². The number of para-hydroxylation sites is 1. The van der Waals surface area contributed by atoms with Crippen molar-refractivity contribution in [2.45, 2.75) is 6.61 Å². The molecule has 1 heterocycles. The Morgan fingerprint density at radius 3 is 2.57 bits per heavy atom.